The Labute approximate surface area is 115 Å². The molecule has 0 saturated carbocycles. The van der Waals surface area contributed by atoms with Gasteiger partial charge in [-0.05, 0) is 58.2 Å². The summed E-state index contributed by atoms with van der Waals surface area (Å²) in [6.07, 6.45) is 2.49. The number of nitrogens with one attached hydrogen (secondary N) is 1. The smallest absolute Gasteiger partial charge is 0.125 e. The van der Waals surface area contributed by atoms with Gasteiger partial charge < -0.3 is 15.1 Å². The van der Waals surface area contributed by atoms with Crippen molar-refractivity contribution >= 4 is 5.69 Å². The summed E-state index contributed by atoms with van der Waals surface area (Å²) in [4.78, 5) is 4.80. The van der Waals surface area contributed by atoms with Crippen LogP contribution in [0, 0.1) is 5.82 Å². The molecule has 1 aromatic rings. The van der Waals surface area contributed by atoms with Gasteiger partial charge in [-0.3, -0.25) is 0 Å². The highest BCUT2D eigenvalue weighted by molar-refractivity contribution is 5.42. The monoisotopic (exact) mass is 265 g/mol. The number of anilines is 1. The average Bonchev–Trinajstić information content (AvgIpc) is 2.39. The minimum atomic E-state index is -0.186. The van der Waals surface area contributed by atoms with Crippen LogP contribution in [-0.2, 0) is 0 Å². The molecule has 0 amide bonds. The van der Waals surface area contributed by atoms with Crippen molar-refractivity contribution in [1.29, 1.82) is 0 Å². The lowest BCUT2D eigenvalue weighted by Crippen LogP contribution is -2.43. The van der Waals surface area contributed by atoms with Gasteiger partial charge in [-0.2, -0.15) is 0 Å². The van der Waals surface area contributed by atoms with Crippen LogP contribution in [0.15, 0.2) is 24.3 Å². The molecular formula is C15H24FN3. The van der Waals surface area contributed by atoms with Crippen LogP contribution in [0.4, 0.5) is 10.1 Å². The Morgan fingerprint density at radius 2 is 2.11 bits per heavy atom. The predicted octanol–water partition coefficient (Wildman–Crippen LogP) is 2.26. The van der Waals surface area contributed by atoms with Crippen molar-refractivity contribution in [2.45, 2.75) is 18.9 Å². The van der Waals surface area contributed by atoms with Gasteiger partial charge in [0, 0.05) is 24.8 Å². The average molecular weight is 265 g/mol. The van der Waals surface area contributed by atoms with E-state index in [2.05, 4.69) is 29.2 Å². The van der Waals surface area contributed by atoms with Crippen LogP contribution in [0.5, 0.6) is 0 Å². The highest BCUT2D eigenvalue weighted by atomic mass is 19.1. The van der Waals surface area contributed by atoms with E-state index in [1.807, 2.05) is 6.07 Å². The summed E-state index contributed by atoms with van der Waals surface area (Å²) in [6, 6.07) is 7.33. The van der Waals surface area contributed by atoms with Crippen molar-refractivity contribution in [3.05, 3.63) is 30.1 Å². The van der Waals surface area contributed by atoms with Crippen molar-refractivity contribution in [2.75, 3.05) is 45.6 Å². The maximum Gasteiger partial charge on any atom is 0.125 e. The van der Waals surface area contributed by atoms with E-state index in [1.54, 1.807) is 6.07 Å². The third-order valence-electron chi connectivity index (χ3n) is 3.93. The van der Waals surface area contributed by atoms with Gasteiger partial charge in [0.1, 0.15) is 5.82 Å². The molecule has 1 fully saturated rings. The second-order valence-corrected chi connectivity index (χ2v) is 5.45. The van der Waals surface area contributed by atoms with E-state index in [1.165, 1.54) is 38.1 Å². The first-order valence-corrected chi connectivity index (χ1v) is 7.03. The molecule has 0 bridgehead atoms. The number of likely N-dealkylation sites (tertiary alicyclic amines) is 1. The maximum absolute atomic E-state index is 13.0. The SMILES string of the molecule is CN1CCC(N(C)CCNc2cccc(F)c2)CC1. The van der Waals surface area contributed by atoms with Crippen LogP contribution < -0.4 is 5.32 Å². The summed E-state index contributed by atoms with van der Waals surface area (Å²) in [5, 5.41) is 3.27. The van der Waals surface area contributed by atoms with Gasteiger partial charge >= 0.3 is 0 Å². The molecule has 1 saturated heterocycles. The van der Waals surface area contributed by atoms with E-state index in [0.717, 1.165) is 18.8 Å². The van der Waals surface area contributed by atoms with E-state index < -0.39 is 0 Å². The van der Waals surface area contributed by atoms with Crippen LogP contribution in [0.1, 0.15) is 12.8 Å². The van der Waals surface area contributed by atoms with Gasteiger partial charge in [0.15, 0.2) is 0 Å². The van der Waals surface area contributed by atoms with Crippen molar-refractivity contribution in [3.8, 4) is 0 Å². The van der Waals surface area contributed by atoms with E-state index in [0.29, 0.717) is 6.04 Å². The molecule has 19 heavy (non-hydrogen) atoms. The number of nitrogens with zero attached hydrogens (tertiary/aromatic N) is 2. The highest BCUT2D eigenvalue weighted by Gasteiger charge is 2.19. The molecule has 3 nitrogen and oxygen atoms in total. The second-order valence-electron chi connectivity index (χ2n) is 5.45. The van der Waals surface area contributed by atoms with Crippen LogP contribution >= 0.6 is 0 Å². The Bertz CT molecular complexity index is 389. The standard InChI is InChI=1S/C15H24FN3/c1-18-9-6-15(7-10-18)19(2)11-8-17-14-5-3-4-13(16)12-14/h3-5,12,15,17H,6-11H2,1-2H3. The molecule has 106 valence electrons. The Kier molecular flexibility index (Phi) is 5.16. The summed E-state index contributed by atoms with van der Waals surface area (Å²) < 4.78 is 13.0. The third-order valence-corrected chi connectivity index (χ3v) is 3.93. The van der Waals surface area contributed by atoms with Crippen LogP contribution in [0.3, 0.4) is 0 Å². The first-order chi connectivity index (χ1) is 9.15. The Morgan fingerprint density at radius 3 is 2.79 bits per heavy atom. The lowest BCUT2D eigenvalue weighted by Gasteiger charge is -2.35. The van der Waals surface area contributed by atoms with Gasteiger partial charge in [-0.25, -0.2) is 4.39 Å². The summed E-state index contributed by atoms with van der Waals surface area (Å²) >= 11 is 0. The van der Waals surface area contributed by atoms with Crippen LogP contribution in [0.2, 0.25) is 0 Å². The summed E-state index contributed by atoms with van der Waals surface area (Å²) in [5.74, 6) is -0.186. The van der Waals surface area contributed by atoms with Gasteiger partial charge in [0.25, 0.3) is 0 Å². The third kappa shape index (κ3) is 4.48. The van der Waals surface area contributed by atoms with Gasteiger partial charge in [-0.1, -0.05) is 6.07 Å². The van der Waals surface area contributed by atoms with E-state index >= 15 is 0 Å². The van der Waals surface area contributed by atoms with E-state index in [9.17, 15) is 4.39 Å². The molecule has 1 heterocycles. The molecule has 0 unspecified atom stereocenters. The molecule has 1 aliphatic rings. The fraction of sp³-hybridized carbons (Fsp3) is 0.600. The number of benzene rings is 1. The van der Waals surface area contributed by atoms with Crippen LogP contribution in [-0.4, -0.2) is 56.1 Å². The zero-order valence-electron chi connectivity index (χ0n) is 11.9. The largest absolute Gasteiger partial charge is 0.384 e. The number of hydrogen-bond acceptors (Lipinski definition) is 3. The van der Waals surface area contributed by atoms with Crippen LogP contribution in [0.25, 0.3) is 0 Å². The van der Waals surface area contributed by atoms with Crippen molar-refractivity contribution in [1.82, 2.24) is 9.80 Å². The lowest BCUT2D eigenvalue weighted by atomic mass is 10.0. The quantitative estimate of drug-likeness (QED) is 0.881. The van der Waals surface area contributed by atoms with Crippen molar-refractivity contribution in [3.63, 3.8) is 0 Å². The predicted molar refractivity (Wildman–Crippen MR) is 78.0 cm³/mol. The molecule has 1 aliphatic heterocycles. The topological polar surface area (TPSA) is 18.5 Å². The minimum Gasteiger partial charge on any atom is -0.384 e. The summed E-state index contributed by atoms with van der Waals surface area (Å²) in [5.41, 5.74) is 0.858. The Morgan fingerprint density at radius 1 is 1.37 bits per heavy atom. The normalized spacial score (nSPS) is 17.9. The Hall–Kier alpha value is -1.13. The van der Waals surface area contributed by atoms with Crippen molar-refractivity contribution < 1.29 is 4.39 Å². The molecule has 1 aromatic carbocycles. The van der Waals surface area contributed by atoms with E-state index in [-0.39, 0.29) is 5.82 Å². The first kappa shape index (κ1) is 14.3. The summed E-state index contributed by atoms with van der Waals surface area (Å²) in [6.45, 7) is 4.22. The molecule has 0 aliphatic carbocycles. The zero-order chi connectivity index (χ0) is 13.7. The number of likely N-dealkylation sites (N-methyl/N-ethyl adjacent to an activating group) is 1. The lowest BCUT2D eigenvalue weighted by molar-refractivity contribution is 0.148. The number of piperidine rings is 1. The second kappa shape index (κ2) is 6.87. The van der Waals surface area contributed by atoms with Gasteiger partial charge in [0.2, 0.25) is 0 Å². The molecular weight excluding hydrogens is 241 g/mol. The molecule has 4 heteroatoms. The fourth-order valence-corrected chi connectivity index (χ4v) is 2.59. The fourth-order valence-electron chi connectivity index (χ4n) is 2.59. The molecule has 2 rings (SSSR count). The molecule has 0 spiro atoms. The van der Waals surface area contributed by atoms with Crippen molar-refractivity contribution in [2.24, 2.45) is 0 Å². The molecule has 0 atom stereocenters. The number of rotatable bonds is 5. The minimum absolute atomic E-state index is 0.186. The van der Waals surface area contributed by atoms with E-state index in [4.69, 9.17) is 0 Å². The first-order valence-electron chi connectivity index (χ1n) is 7.03. The summed E-state index contributed by atoms with van der Waals surface area (Å²) in [7, 11) is 4.37. The highest BCUT2D eigenvalue weighted by Crippen LogP contribution is 2.14. The number of hydrogen-bond donors (Lipinski definition) is 1. The molecule has 0 aromatic heterocycles. The molecule has 1 N–H and O–H groups in total. The number of halogens is 1. The van der Waals surface area contributed by atoms with Gasteiger partial charge in [-0.15, -0.1) is 0 Å². The Balaban J connectivity index is 1.70. The maximum atomic E-state index is 13.0. The zero-order valence-corrected chi connectivity index (χ0v) is 11.9. The molecule has 0 radical (unpaired) electrons. The van der Waals surface area contributed by atoms with Gasteiger partial charge in [0.05, 0.1) is 0 Å².